The first-order valence-corrected chi connectivity index (χ1v) is 15.0. The van der Waals surface area contributed by atoms with Gasteiger partial charge in [-0.15, -0.1) is 0 Å². The zero-order valence-corrected chi connectivity index (χ0v) is 24.9. The van der Waals surface area contributed by atoms with Crippen LogP contribution in [-0.4, -0.2) is 50.9 Å². The Kier molecular flexibility index (Phi) is 10.9. The molecule has 1 atom stereocenters. The van der Waals surface area contributed by atoms with Gasteiger partial charge in [-0.05, 0) is 69.2 Å². The molecule has 0 fully saturated rings. The average Bonchev–Trinajstić information content (AvgIpc) is 2.94. The number of halogens is 1. The summed E-state index contributed by atoms with van der Waals surface area (Å²) in [5.41, 5.74) is 1.40. The van der Waals surface area contributed by atoms with Crippen LogP contribution in [0, 0.1) is 18.7 Å². The third kappa shape index (κ3) is 8.29. The van der Waals surface area contributed by atoms with Crippen LogP contribution in [0.3, 0.4) is 0 Å². The highest BCUT2D eigenvalue weighted by molar-refractivity contribution is 7.92. The molecule has 0 aliphatic rings. The van der Waals surface area contributed by atoms with Crippen LogP contribution in [0.15, 0.2) is 77.7 Å². The monoisotopic (exact) mass is 583 g/mol. The molecule has 41 heavy (non-hydrogen) atoms. The predicted octanol–water partition coefficient (Wildman–Crippen LogP) is 4.92. The Balaban J connectivity index is 2.01. The standard InChI is InChI=1S/C31H38FN3O5S/c1-6-40-27-15-17-28(18-16-27)41(38,39)35(26-13-11-23(4)12-14-26)21-30(36)34(20-25-9-7-8-10-29(25)32)24(5)31(37)33-19-22(2)3/h7-18,22,24H,6,19-21H2,1-5H3,(H,33,37)/t24-/m0/s1. The summed E-state index contributed by atoms with van der Waals surface area (Å²) in [6.07, 6.45) is 0. The lowest BCUT2D eigenvalue weighted by atomic mass is 10.1. The quantitative estimate of drug-likeness (QED) is 0.308. The van der Waals surface area contributed by atoms with Crippen LogP contribution in [0.25, 0.3) is 0 Å². The van der Waals surface area contributed by atoms with E-state index in [1.165, 1.54) is 35.2 Å². The summed E-state index contributed by atoms with van der Waals surface area (Å²) >= 11 is 0. The number of amides is 2. The van der Waals surface area contributed by atoms with Gasteiger partial charge in [0.05, 0.1) is 17.2 Å². The summed E-state index contributed by atoms with van der Waals surface area (Å²) in [5, 5.41) is 2.81. The summed E-state index contributed by atoms with van der Waals surface area (Å²) in [7, 11) is -4.22. The van der Waals surface area contributed by atoms with Crippen LogP contribution in [0.4, 0.5) is 10.1 Å². The molecule has 0 spiro atoms. The second-order valence-corrected chi connectivity index (χ2v) is 12.0. The van der Waals surface area contributed by atoms with E-state index < -0.39 is 40.2 Å². The largest absolute Gasteiger partial charge is 0.494 e. The first kappa shape index (κ1) is 31.6. The second kappa shape index (κ2) is 14.1. The number of carbonyl (C=O) groups is 2. The number of anilines is 1. The molecule has 0 aliphatic carbocycles. The molecule has 3 aromatic carbocycles. The van der Waals surface area contributed by atoms with Gasteiger partial charge in [-0.3, -0.25) is 13.9 Å². The van der Waals surface area contributed by atoms with Crippen LogP contribution < -0.4 is 14.4 Å². The molecule has 0 saturated heterocycles. The molecular weight excluding hydrogens is 545 g/mol. The summed E-state index contributed by atoms with van der Waals surface area (Å²) in [6, 6.07) is 17.7. The number of nitrogens with zero attached hydrogens (tertiary/aromatic N) is 2. The minimum absolute atomic E-state index is 0.0299. The van der Waals surface area contributed by atoms with E-state index in [0.717, 1.165) is 9.87 Å². The van der Waals surface area contributed by atoms with Gasteiger partial charge in [-0.25, -0.2) is 12.8 Å². The van der Waals surface area contributed by atoms with Gasteiger partial charge in [0.1, 0.15) is 24.2 Å². The van der Waals surface area contributed by atoms with Crippen molar-refractivity contribution in [2.75, 3.05) is 24.0 Å². The number of sulfonamides is 1. The van der Waals surface area contributed by atoms with E-state index in [-0.39, 0.29) is 28.6 Å². The maximum Gasteiger partial charge on any atom is 0.264 e. The number of hydrogen-bond acceptors (Lipinski definition) is 5. The highest BCUT2D eigenvalue weighted by atomic mass is 32.2. The Labute approximate surface area is 242 Å². The van der Waals surface area contributed by atoms with Crippen molar-refractivity contribution >= 4 is 27.5 Å². The SMILES string of the molecule is CCOc1ccc(S(=O)(=O)N(CC(=O)N(Cc2ccccc2F)[C@@H](C)C(=O)NCC(C)C)c2ccc(C)cc2)cc1. The van der Waals surface area contributed by atoms with Crippen molar-refractivity contribution in [2.45, 2.75) is 52.1 Å². The molecular formula is C31H38FN3O5S. The molecule has 0 aromatic heterocycles. The molecule has 0 radical (unpaired) electrons. The molecule has 10 heteroatoms. The average molecular weight is 584 g/mol. The molecule has 220 valence electrons. The number of aryl methyl sites for hydroxylation is 1. The first-order chi connectivity index (χ1) is 19.4. The topological polar surface area (TPSA) is 96.0 Å². The Morgan fingerprint density at radius 2 is 1.59 bits per heavy atom. The Morgan fingerprint density at radius 3 is 2.17 bits per heavy atom. The summed E-state index contributed by atoms with van der Waals surface area (Å²) in [6.45, 7) is 9.13. The molecule has 0 bridgehead atoms. The third-order valence-electron chi connectivity index (χ3n) is 6.47. The van der Waals surface area contributed by atoms with Crippen molar-refractivity contribution in [3.8, 4) is 5.75 Å². The third-order valence-corrected chi connectivity index (χ3v) is 8.26. The fourth-order valence-electron chi connectivity index (χ4n) is 4.09. The van der Waals surface area contributed by atoms with Gasteiger partial charge >= 0.3 is 0 Å². The van der Waals surface area contributed by atoms with Gasteiger partial charge in [0.15, 0.2) is 0 Å². The molecule has 3 aromatic rings. The summed E-state index contributed by atoms with van der Waals surface area (Å²) < 4.78 is 48.9. The van der Waals surface area contributed by atoms with E-state index >= 15 is 0 Å². The lowest BCUT2D eigenvalue weighted by Gasteiger charge is -2.32. The lowest BCUT2D eigenvalue weighted by molar-refractivity contribution is -0.139. The van der Waals surface area contributed by atoms with E-state index in [1.807, 2.05) is 27.7 Å². The smallest absolute Gasteiger partial charge is 0.264 e. The first-order valence-electron chi connectivity index (χ1n) is 13.6. The van der Waals surface area contributed by atoms with Crippen molar-refractivity contribution < 1.29 is 27.1 Å². The van der Waals surface area contributed by atoms with Gasteiger partial charge in [0.2, 0.25) is 11.8 Å². The molecule has 0 saturated carbocycles. The van der Waals surface area contributed by atoms with Crippen molar-refractivity contribution in [2.24, 2.45) is 5.92 Å². The molecule has 1 N–H and O–H groups in total. The van der Waals surface area contributed by atoms with Crippen molar-refractivity contribution in [3.05, 3.63) is 89.7 Å². The van der Waals surface area contributed by atoms with E-state index in [4.69, 9.17) is 4.74 Å². The Hall–Kier alpha value is -3.92. The van der Waals surface area contributed by atoms with Crippen LogP contribution in [0.2, 0.25) is 0 Å². The number of ether oxygens (including phenoxy) is 1. The maximum absolute atomic E-state index is 14.6. The minimum Gasteiger partial charge on any atom is -0.494 e. The summed E-state index contributed by atoms with van der Waals surface area (Å²) in [4.78, 5) is 28.1. The van der Waals surface area contributed by atoms with Gasteiger partial charge in [0, 0.05) is 18.7 Å². The van der Waals surface area contributed by atoms with E-state index in [0.29, 0.717) is 18.9 Å². The zero-order valence-electron chi connectivity index (χ0n) is 24.1. The normalized spacial score (nSPS) is 12.1. The zero-order chi connectivity index (χ0) is 30.2. The van der Waals surface area contributed by atoms with Crippen LogP contribution in [0.5, 0.6) is 5.75 Å². The fourth-order valence-corrected chi connectivity index (χ4v) is 5.50. The molecule has 3 rings (SSSR count). The van der Waals surface area contributed by atoms with Crippen LogP contribution in [-0.2, 0) is 26.2 Å². The van der Waals surface area contributed by atoms with Crippen molar-refractivity contribution in [1.29, 1.82) is 0 Å². The van der Waals surface area contributed by atoms with Gasteiger partial charge < -0.3 is 15.0 Å². The number of carbonyl (C=O) groups excluding carboxylic acids is 2. The van der Waals surface area contributed by atoms with Gasteiger partial charge in [0.25, 0.3) is 10.0 Å². The second-order valence-electron chi connectivity index (χ2n) is 10.2. The minimum atomic E-state index is -4.22. The molecule has 2 amide bonds. The van der Waals surface area contributed by atoms with E-state index in [1.54, 1.807) is 49.4 Å². The maximum atomic E-state index is 14.6. The van der Waals surface area contributed by atoms with Gasteiger partial charge in [-0.1, -0.05) is 49.7 Å². The molecule has 8 nitrogen and oxygen atoms in total. The Bertz CT molecular complexity index is 1430. The molecule has 0 heterocycles. The van der Waals surface area contributed by atoms with Crippen LogP contribution >= 0.6 is 0 Å². The highest BCUT2D eigenvalue weighted by Gasteiger charge is 2.33. The number of rotatable bonds is 13. The number of benzene rings is 3. The van der Waals surface area contributed by atoms with E-state index in [2.05, 4.69) is 5.32 Å². The van der Waals surface area contributed by atoms with E-state index in [9.17, 15) is 22.4 Å². The van der Waals surface area contributed by atoms with Crippen molar-refractivity contribution in [1.82, 2.24) is 10.2 Å². The van der Waals surface area contributed by atoms with Crippen LogP contribution in [0.1, 0.15) is 38.8 Å². The summed E-state index contributed by atoms with van der Waals surface area (Å²) in [5.74, 6) is -0.910. The predicted molar refractivity (Wildman–Crippen MR) is 158 cm³/mol. The fraction of sp³-hybridized carbons (Fsp3) is 0.355. The molecule has 0 unspecified atom stereocenters. The number of hydrogen-bond donors (Lipinski definition) is 1. The molecule has 0 aliphatic heterocycles. The number of nitrogens with one attached hydrogen (secondary N) is 1. The van der Waals surface area contributed by atoms with Gasteiger partial charge in [-0.2, -0.15) is 0 Å². The Morgan fingerprint density at radius 1 is 0.951 bits per heavy atom. The highest BCUT2D eigenvalue weighted by Crippen LogP contribution is 2.26. The van der Waals surface area contributed by atoms with Crippen molar-refractivity contribution in [3.63, 3.8) is 0 Å². The lowest BCUT2D eigenvalue weighted by Crippen LogP contribution is -2.51.